The molecule has 2 aromatic carbocycles. The number of ether oxygens (including phenoxy) is 1. The van der Waals surface area contributed by atoms with Gasteiger partial charge < -0.3 is 30.2 Å². The van der Waals surface area contributed by atoms with Gasteiger partial charge in [0.05, 0.1) is 24.2 Å². The van der Waals surface area contributed by atoms with E-state index in [1.165, 1.54) is 12.0 Å². The van der Waals surface area contributed by atoms with Crippen LogP contribution in [0.3, 0.4) is 0 Å². The Labute approximate surface area is 230 Å². The molecule has 0 bridgehead atoms. The van der Waals surface area contributed by atoms with Crippen LogP contribution in [0.2, 0.25) is 5.02 Å². The number of amides is 4. The van der Waals surface area contributed by atoms with Crippen molar-refractivity contribution in [3.63, 3.8) is 0 Å². The SMILES string of the molecule is COC(=O)N1CC[C@H](NC(=O)c2ccc(N3CCCCC3=O)cc2)[C@H](NC(=O)c2ccc3c(Cl)c[nH]c3c2)C1. The van der Waals surface area contributed by atoms with Crippen LogP contribution in [0.4, 0.5) is 10.5 Å². The van der Waals surface area contributed by atoms with Crippen molar-refractivity contribution >= 4 is 52.0 Å². The molecule has 3 aromatic rings. The van der Waals surface area contributed by atoms with Gasteiger partial charge in [0.2, 0.25) is 5.91 Å². The molecule has 11 heteroatoms. The molecule has 2 aliphatic rings. The average Bonchev–Trinajstić information content (AvgIpc) is 3.33. The smallest absolute Gasteiger partial charge is 0.409 e. The third-order valence-corrected chi connectivity index (χ3v) is 7.65. The molecule has 3 heterocycles. The molecule has 0 unspecified atom stereocenters. The minimum atomic E-state index is -0.553. The van der Waals surface area contributed by atoms with Gasteiger partial charge in [-0.2, -0.15) is 0 Å². The molecule has 2 saturated heterocycles. The lowest BCUT2D eigenvalue weighted by Gasteiger charge is -2.38. The topological polar surface area (TPSA) is 124 Å². The van der Waals surface area contributed by atoms with Gasteiger partial charge in [-0.25, -0.2) is 4.79 Å². The first-order valence-corrected chi connectivity index (χ1v) is 13.3. The minimum absolute atomic E-state index is 0.0907. The monoisotopic (exact) mass is 551 g/mol. The molecule has 0 aliphatic carbocycles. The second-order valence-corrected chi connectivity index (χ2v) is 10.2. The number of aromatic amines is 1. The van der Waals surface area contributed by atoms with E-state index in [9.17, 15) is 19.2 Å². The number of H-pyrrole nitrogens is 1. The highest BCUT2D eigenvalue weighted by Crippen LogP contribution is 2.24. The van der Waals surface area contributed by atoms with E-state index in [1.54, 1.807) is 53.6 Å². The highest BCUT2D eigenvalue weighted by molar-refractivity contribution is 6.35. The zero-order valence-electron chi connectivity index (χ0n) is 21.5. The molecule has 3 N–H and O–H groups in total. The number of aromatic nitrogens is 1. The van der Waals surface area contributed by atoms with E-state index in [2.05, 4.69) is 15.6 Å². The third-order valence-electron chi connectivity index (χ3n) is 7.34. The molecule has 2 fully saturated rings. The van der Waals surface area contributed by atoms with Crippen LogP contribution in [0.1, 0.15) is 46.4 Å². The van der Waals surface area contributed by atoms with Gasteiger partial charge in [0.25, 0.3) is 11.8 Å². The van der Waals surface area contributed by atoms with Crippen LogP contribution < -0.4 is 15.5 Å². The fraction of sp³-hybridized carbons (Fsp3) is 0.357. The maximum atomic E-state index is 13.2. The van der Waals surface area contributed by atoms with Crippen molar-refractivity contribution in [1.29, 1.82) is 0 Å². The molecule has 4 amide bonds. The summed E-state index contributed by atoms with van der Waals surface area (Å²) in [5.74, 6) is -0.549. The standard InChI is InChI=1S/C28H30ClN5O5/c1-39-28(38)33-13-11-22(24(16-33)32-27(37)18-7-10-20-21(29)15-30-23(20)14-18)31-26(36)17-5-8-19(9-6-17)34-12-3-2-4-25(34)35/h5-10,14-15,22,24,30H,2-4,11-13,16H2,1H3,(H,31,36)(H,32,37)/t22-,24+/m0/s1. The van der Waals surface area contributed by atoms with Crippen LogP contribution in [-0.4, -0.2) is 72.5 Å². The average molecular weight is 552 g/mol. The Morgan fingerprint density at radius 3 is 2.44 bits per heavy atom. The molecule has 204 valence electrons. The van der Waals surface area contributed by atoms with Crippen LogP contribution in [0, 0.1) is 0 Å². The van der Waals surface area contributed by atoms with Gasteiger partial charge in [-0.05, 0) is 55.7 Å². The number of rotatable bonds is 5. The molecule has 1 aromatic heterocycles. The number of benzene rings is 2. The van der Waals surface area contributed by atoms with Gasteiger partial charge in [0.1, 0.15) is 0 Å². The molecule has 5 rings (SSSR count). The number of nitrogens with one attached hydrogen (secondary N) is 3. The van der Waals surface area contributed by atoms with Crippen LogP contribution in [0.15, 0.2) is 48.7 Å². The van der Waals surface area contributed by atoms with Crippen molar-refractivity contribution in [2.45, 2.75) is 37.8 Å². The van der Waals surface area contributed by atoms with E-state index in [-0.39, 0.29) is 24.3 Å². The first-order valence-electron chi connectivity index (χ1n) is 13.0. The van der Waals surface area contributed by atoms with Gasteiger partial charge in [0, 0.05) is 60.0 Å². The number of halogens is 1. The van der Waals surface area contributed by atoms with E-state index in [0.29, 0.717) is 42.1 Å². The van der Waals surface area contributed by atoms with E-state index >= 15 is 0 Å². The number of hydrogen-bond donors (Lipinski definition) is 3. The second kappa shape index (κ2) is 11.4. The Bertz CT molecular complexity index is 1410. The summed E-state index contributed by atoms with van der Waals surface area (Å²) in [5.41, 5.74) is 2.36. The van der Waals surface area contributed by atoms with Crippen molar-refractivity contribution in [2.75, 3.05) is 31.6 Å². The summed E-state index contributed by atoms with van der Waals surface area (Å²) in [6, 6.07) is 11.1. The van der Waals surface area contributed by atoms with Gasteiger partial charge >= 0.3 is 6.09 Å². The highest BCUT2D eigenvalue weighted by Gasteiger charge is 2.34. The Kier molecular flexibility index (Phi) is 7.74. The molecule has 0 saturated carbocycles. The Hall–Kier alpha value is -4.05. The summed E-state index contributed by atoms with van der Waals surface area (Å²) < 4.78 is 4.87. The number of piperidine rings is 2. The van der Waals surface area contributed by atoms with E-state index in [4.69, 9.17) is 16.3 Å². The number of methoxy groups -OCH3 is 1. The van der Waals surface area contributed by atoms with Gasteiger partial charge in [-0.15, -0.1) is 0 Å². The highest BCUT2D eigenvalue weighted by atomic mass is 35.5. The fourth-order valence-electron chi connectivity index (χ4n) is 5.17. The lowest BCUT2D eigenvalue weighted by atomic mass is 9.98. The molecule has 10 nitrogen and oxygen atoms in total. The van der Waals surface area contributed by atoms with Gasteiger partial charge in [0.15, 0.2) is 0 Å². The van der Waals surface area contributed by atoms with Crippen molar-refractivity contribution in [1.82, 2.24) is 20.5 Å². The first-order chi connectivity index (χ1) is 18.8. The van der Waals surface area contributed by atoms with Gasteiger partial charge in [-0.3, -0.25) is 14.4 Å². The maximum Gasteiger partial charge on any atom is 0.409 e. The quantitative estimate of drug-likeness (QED) is 0.446. The molecular weight excluding hydrogens is 522 g/mol. The Morgan fingerprint density at radius 1 is 0.974 bits per heavy atom. The zero-order chi connectivity index (χ0) is 27.5. The fourth-order valence-corrected chi connectivity index (χ4v) is 5.39. The van der Waals surface area contributed by atoms with Crippen molar-refractivity contribution < 1.29 is 23.9 Å². The van der Waals surface area contributed by atoms with E-state index < -0.39 is 18.2 Å². The summed E-state index contributed by atoms with van der Waals surface area (Å²) in [7, 11) is 1.31. The molecule has 0 spiro atoms. The lowest BCUT2D eigenvalue weighted by Crippen LogP contribution is -2.61. The number of nitrogens with zero attached hydrogens (tertiary/aromatic N) is 2. The molecular formula is C28H30ClN5O5. The maximum absolute atomic E-state index is 13.2. The van der Waals surface area contributed by atoms with Crippen molar-refractivity contribution in [3.8, 4) is 0 Å². The largest absolute Gasteiger partial charge is 0.453 e. The summed E-state index contributed by atoms with van der Waals surface area (Å²) in [4.78, 5) is 57.1. The summed E-state index contributed by atoms with van der Waals surface area (Å²) in [6.45, 7) is 1.22. The van der Waals surface area contributed by atoms with Crippen LogP contribution >= 0.6 is 11.6 Å². The van der Waals surface area contributed by atoms with E-state index in [1.807, 2.05) is 0 Å². The molecule has 39 heavy (non-hydrogen) atoms. The Morgan fingerprint density at radius 2 is 1.69 bits per heavy atom. The second-order valence-electron chi connectivity index (χ2n) is 9.81. The first kappa shape index (κ1) is 26.6. The lowest BCUT2D eigenvalue weighted by molar-refractivity contribution is -0.119. The number of anilines is 1. The number of hydrogen-bond acceptors (Lipinski definition) is 5. The summed E-state index contributed by atoms with van der Waals surface area (Å²) >= 11 is 6.15. The molecule has 0 radical (unpaired) electrons. The van der Waals surface area contributed by atoms with Crippen LogP contribution in [0.25, 0.3) is 10.9 Å². The van der Waals surface area contributed by atoms with Gasteiger partial charge in [-0.1, -0.05) is 17.7 Å². The Balaban J connectivity index is 1.30. The number of carbonyl (C=O) groups excluding carboxylic acids is 4. The number of carbonyl (C=O) groups is 4. The number of fused-ring (bicyclic) bond motifs is 1. The summed E-state index contributed by atoms with van der Waals surface area (Å²) in [5, 5.41) is 7.38. The van der Waals surface area contributed by atoms with Crippen molar-refractivity contribution in [3.05, 3.63) is 64.8 Å². The summed E-state index contributed by atoms with van der Waals surface area (Å²) in [6.07, 6.45) is 3.98. The molecule has 2 atom stereocenters. The molecule has 2 aliphatic heterocycles. The predicted octanol–water partition coefficient (Wildman–Crippen LogP) is 3.71. The minimum Gasteiger partial charge on any atom is -0.453 e. The van der Waals surface area contributed by atoms with Crippen molar-refractivity contribution in [2.24, 2.45) is 0 Å². The predicted molar refractivity (Wildman–Crippen MR) is 147 cm³/mol. The van der Waals surface area contributed by atoms with Crippen LogP contribution in [0.5, 0.6) is 0 Å². The number of likely N-dealkylation sites (tertiary alicyclic amines) is 1. The zero-order valence-corrected chi connectivity index (χ0v) is 22.3. The van der Waals surface area contributed by atoms with E-state index in [0.717, 1.165) is 29.4 Å². The van der Waals surface area contributed by atoms with Crippen LogP contribution in [-0.2, 0) is 9.53 Å². The third kappa shape index (κ3) is 5.70. The normalized spacial score (nSPS) is 19.6.